The first-order valence-corrected chi connectivity index (χ1v) is 28.6. The van der Waals surface area contributed by atoms with Crippen molar-refractivity contribution in [2.75, 3.05) is 0 Å². The largest absolute Gasteiger partial charge is 0.309 e. The van der Waals surface area contributed by atoms with Gasteiger partial charge in [-0.3, -0.25) is 0 Å². The van der Waals surface area contributed by atoms with Crippen LogP contribution in [0.25, 0.3) is 160 Å². The van der Waals surface area contributed by atoms with Gasteiger partial charge >= 0.3 is 0 Å². The highest BCUT2D eigenvalue weighted by molar-refractivity contribution is 6.28. The van der Waals surface area contributed by atoms with Gasteiger partial charge < -0.3 is 18.3 Å². The summed E-state index contributed by atoms with van der Waals surface area (Å²) in [4.78, 5) is 19.8. The minimum absolute atomic E-state index is 0.417. The number of nitrogens with zero attached hydrogens (tertiary/aromatic N) is 9. The van der Waals surface area contributed by atoms with Crippen LogP contribution >= 0.6 is 0 Å². The summed E-state index contributed by atoms with van der Waals surface area (Å²) in [5.74, 6) is 1.35. The fourth-order valence-corrected chi connectivity index (χ4v) is 13.4. The molecular weight excluding hydrogens is 1050 g/mol. The molecule has 9 nitrogen and oxygen atoms in total. The summed E-state index contributed by atoms with van der Waals surface area (Å²) >= 11 is 0. The highest BCUT2D eigenvalue weighted by Gasteiger charge is 2.26. The monoisotopic (exact) mass is 1100 g/mol. The summed E-state index contributed by atoms with van der Waals surface area (Å²) in [5.41, 5.74) is 17.2. The Morgan fingerprint density at radius 2 is 0.744 bits per heavy atom. The van der Waals surface area contributed by atoms with Crippen molar-refractivity contribution in [3.8, 4) is 74.1 Å². The first-order chi connectivity index (χ1) is 42.6. The van der Waals surface area contributed by atoms with Crippen LogP contribution in [0.4, 0.5) is 5.69 Å². The maximum atomic E-state index is 11.3. The van der Waals surface area contributed by atoms with Crippen molar-refractivity contribution in [3.63, 3.8) is 0 Å². The smallest absolute Gasteiger partial charge is 0.194 e. The van der Waals surface area contributed by atoms with Crippen molar-refractivity contribution < 1.29 is 0 Å². The van der Waals surface area contributed by atoms with Crippen LogP contribution in [-0.2, 0) is 0 Å². The molecule has 398 valence electrons. The molecule has 0 unspecified atom stereocenters. The van der Waals surface area contributed by atoms with E-state index in [1.165, 1.54) is 16.2 Å². The van der Waals surface area contributed by atoms with Gasteiger partial charge in [0, 0.05) is 71.2 Å². The molecule has 0 saturated heterocycles. The number of rotatable bonds is 8. The van der Waals surface area contributed by atoms with Crippen LogP contribution in [0.5, 0.6) is 0 Å². The third kappa shape index (κ3) is 7.26. The summed E-state index contributed by atoms with van der Waals surface area (Å²) < 4.78 is 9.33. The average molecular weight is 1100 g/mol. The Balaban J connectivity index is 0.865. The van der Waals surface area contributed by atoms with Crippen molar-refractivity contribution >= 4 is 92.9 Å². The summed E-state index contributed by atoms with van der Waals surface area (Å²) in [5, 5.41) is 20.4. The average Bonchev–Trinajstić information content (AvgIpc) is 1.63. The zero-order valence-electron chi connectivity index (χ0n) is 46.0. The van der Waals surface area contributed by atoms with Crippen LogP contribution < -0.4 is 0 Å². The van der Waals surface area contributed by atoms with Gasteiger partial charge in [0.2, 0.25) is 0 Å². The van der Waals surface area contributed by atoms with E-state index in [2.05, 4.69) is 229 Å². The SMILES string of the molecule is [C-]#[N+]c1ccccc1-c1cc(-c2nc(-c3ccccc3)nc(-c3ccc(-n4c5ccccc5c5c4ccc4c6ccccc6n(-c6ccccc6)c45)c(C#N)c3)n2)ccc1-n1c2ccccc2c2c1ccc1c3ccccc3n(-c3ccccc3)c12. The lowest BCUT2D eigenvalue weighted by Gasteiger charge is -2.17. The molecule has 17 aromatic rings. The molecule has 0 saturated carbocycles. The molecule has 0 radical (unpaired) electrons. The van der Waals surface area contributed by atoms with Crippen molar-refractivity contribution in [2.24, 2.45) is 0 Å². The van der Waals surface area contributed by atoms with Crippen molar-refractivity contribution in [1.29, 1.82) is 5.26 Å². The highest BCUT2D eigenvalue weighted by atomic mass is 15.1. The fraction of sp³-hybridized carbons (Fsp3) is 0. The lowest BCUT2D eigenvalue weighted by atomic mass is 9.98. The summed E-state index contributed by atoms with van der Waals surface area (Å²) in [7, 11) is 0. The summed E-state index contributed by atoms with van der Waals surface area (Å²) in [6.07, 6.45) is 0. The molecular formula is C77H45N9. The van der Waals surface area contributed by atoms with E-state index in [1.807, 2.05) is 72.8 Å². The Kier molecular flexibility index (Phi) is 10.8. The lowest BCUT2D eigenvalue weighted by Crippen LogP contribution is -2.03. The minimum atomic E-state index is 0.417. The van der Waals surface area contributed by atoms with Gasteiger partial charge in [-0.05, 0) is 108 Å². The molecule has 0 fully saturated rings. The Bertz CT molecular complexity index is 5740. The molecule has 86 heavy (non-hydrogen) atoms. The Morgan fingerprint density at radius 3 is 1.27 bits per heavy atom. The number of nitriles is 1. The molecule has 0 aliphatic carbocycles. The zero-order chi connectivity index (χ0) is 57.0. The molecule has 0 bridgehead atoms. The molecule has 0 spiro atoms. The lowest BCUT2D eigenvalue weighted by molar-refractivity contribution is 1.07. The second kappa shape index (κ2) is 19.2. The van der Waals surface area contributed by atoms with Gasteiger partial charge in [0.05, 0.1) is 67.6 Å². The zero-order valence-corrected chi connectivity index (χ0v) is 46.0. The summed E-state index contributed by atoms with van der Waals surface area (Å²) in [6.45, 7) is 8.48. The molecule has 17 rings (SSSR count). The highest BCUT2D eigenvalue weighted by Crippen LogP contribution is 2.47. The number of fused-ring (bicyclic) bond motifs is 14. The Hall–Kier alpha value is -12.2. The normalized spacial score (nSPS) is 11.7. The topological polar surface area (TPSA) is 86.5 Å². The first-order valence-electron chi connectivity index (χ1n) is 28.6. The maximum absolute atomic E-state index is 11.3. The number of para-hydroxylation sites is 7. The summed E-state index contributed by atoms with van der Waals surface area (Å²) in [6, 6.07) is 97.0. The number of hydrogen-bond donors (Lipinski definition) is 0. The quantitative estimate of drug-likeness (QED) is 0.142. The van der Waals surface area contributed by atoms with Crippen LogP contribution in [0.15, 0.2) is 273 Å². The van der Waals surface area contributed by atoms with Crippen LogP contribution in [0.3, 0.4) is 0 Å². The van der Waals surface area contributed by atoms with Crippen molar-refractivity contribution in [1.82, 2.24) is 33.2 Å². The second-order valence-electron chi connectivity index (χ2n) is 21.7. The van der Waals surface area contributed by atoms with Crippen LogP contribution in [0.2, 0.25) is 0 Å². The molecule has 9 heteroatoms. The van der Waals surface area contributed by atoms with E-state index in [0.29, 0.717) is 34.3 Å². The van der Waals surface area contributed by atoms with E-state index in [4.69, 9.17) is 21.5 Å². The van der Waals surface area contributed by atoms with Crippen LogP contribution in [0, 0.1) is 17.9 Å². The van der Waals surface area contributed by atoms with Gasteiger partial charge in [-0.2, -0.15) is 5.26 Å². The molecule has 0 aliphatic rings. The van der Waals surface area contributed by atoms with E-state index in [9.17, 15) is 5.26 Å². The van der Waals surface area contributed by atoms with Crippen molar-refractivity contribution in [3.05, 3.63) is 290 Å². The molecule has 12 aromatic carbocycles. The van der Waals surface area contributed by atoms with Gasteiger partial charge in [-0.1, -0.05) is 176 Å². The third-order valence-corrected chi connectivity index (χ3v) is 17.1. The third-order valence-electron chi connectivity index (χ3n) is 17.1. The van der Waals surface area contributed by atoms with E-state index < -0.39 is 0 Å². The van der Waals surface area contributed by atoms with Gasteiger partial charge in [-0.15, -0.1) is 0 Å². The van der Waals surface area contributed by atoms with Gasteiger partial charge in [0.1, 0.15) is 6.07 Å². The predicted molar refractivity (Wildman–Crippen MR) is 350 cm³/mol. The van der Waals surface area contributed by atoms with Gasteiger partial charge in [0.25, 0.3) is 0 Å². The number of hydrogen-bond acceptors (Lipinski definition) is 4. The number of aromatic nitrogens is 7. The van der Waals surface area contributed by atoms with E-state index >= 15 is 0 Å². The second-order valence-corrected chi connectivity index (χ2v) is 21.7. The van der Waals surface area contributed by atoms with Crippen molar-refractivity contribution in [2.45, 2.75) is 0 Å². The fourth-order valence-electron chi connectivity index (χ4n) is 13.4. The molecule has 5 aromatic heterocycles. The van der Waals surface area contributed by atoms with E-state index in [0.717, 1.165) is 116 Å². The van der Waals surface area contributed by atoms with Gasteiger partial charge in [0.15, 0.2) is 23.2 Å². The Morgan fingerprint density at radius 1 is 0.326 bits per heavy atom. The van der Waals surface area contributed by atoms with Crippen LogP contribution in [0.1, 0.15) is 5.56 Å². The molecule has 5 heterocycles. The molecule has 0 atom stereocenters. The number of benzene rings is 12. The standard InChI is InChI=1S/C77H45N9/c1-79-62-32-16-11-27-54(62)61-46-50(38-42-68(61)86-67-36-20-15-31-60(67)72-70(86)44-40-58-56-29-13-18-34-65(56)84(74(58)72)53-25-9-4-10-26-53)77-81-75(48-21-5-2-6-22-48)80-76(82-77)49-37-41-63(51(45-49)47-78)85-66-35-19-14-30-59(66)71-69(85)43-39-57-55-28-12-17-33-64(55)83(73(57)71)52-23-7-3-8-24-52/h2-46H. The molecule has 0 N–H and O–H groups in total. The predicted octanol–water partition coefficient (Wildman–Crippen LogP) is 19.4. The first kappa shape index (κ1) is 48.5. The minimum Gasteiger partial charge on any atom is -0.309 e. The van der Waals surface area contributed by atoms with Gasteiger partial charge in [-0.25, -0.2) is 19.8 Å². The molecule has 0 aliphatic heterocycles. The Labute approximate surface area is 492 Å². The molecule has 0 amide bonds. The van der Waals surface area contributed by atoms with Crippen LogP contribution in [-0.4, -0.2) is 33.2 Å². The van der Waals surface area contributed by atoms with E-state index in [-0.39, 0.29) is 0 Å². The van der Waals surface area contributed by atoms with E-state index in [1.54, 1.807) is 0 Å². The maximum Gasteiger partial charge on any atom is 0.194 e.